The molecule has 2 aromatic rings. The summed E-state index contributed by atoms with van der Waals surface area (Å²) in [5.41, 5.74) is 3.58. The second-order valence-corrected chi connectivity index (χ2v) is 5.31. The maximum atomic E-state index is 13.4. The molecule has 0 aromatic heterocycles. The highest BCUT2D eigenvalue weighted by Gasteiger charge is 2.08. The topological polar surface area (TPSA) is 38.3 Å². The zero-order valence-electron chi connectivity index (χ0n) is 13.6. The molecule has 0 aliphatic heterocycles. The van der Waals surface area contributed by atoms with Crippen molar-refractivity contribution in [3.63, 3.8) is 0 Å². The van der Waals surface area contributed by atoms with Crippen molar-refractivity contribution in [1.82, 2.24) is 5.32 Å². The molecule has 0 saturated heterocycles. The number of ether oxygens (including phenoxy) is 1. The number of para-hydroxylation sites is 1. The largest absolute Gasteiger partial charge is 0.481 e. The molecule has 122 valence electrons. The van der Waals surface area contributed by atoms with Gasteiger partial charge in [0, 0.05) is 6.54 Å². The summed E-state index contributed by atoms with van der Waals surface area (Å²) >= 11 is 0. The molecule has 0 fully saturated rings. The Balaban J connectivity index is 1.90. The van der Waals surface area contributed by atoms with Crippen LogP contribution in [0.1, 0.15) is 30.5 Å². The Morgan fingerprint density at radius 3 is 2.57 bits per heavy atom. The normalized spacial score (nSPS) is 10.4. The monoisotopic (exact) mass is 315 g/mol. The lowest BCUT2D eigenvalue weighted by Gasteiger charge is -2.12. The fourth-order valence-electron chi connectivity index (χ4n) is 2.36. The zero-order chi connectivity index (χ0) is 16.7. The molecular formula is C19H22FNO2. The molecule has 0 unspecified atom stereocenters. The SMILES string of the molecule is CCc1ccc(CC)c(CNC(=O)COc2ccccc2F)c1. The first kappa shape index (κ1) is 17.0. The predicted molar refractivity (Wildman–Crippen MR) is 88.9 cm³/mol. The third-order valence-corrected chi connectivity index (χ3v) is 3.73. The second-order valence-electron chi connectivity index (χ2n) is 5.31. The first-order valence-corrected chi connectivity index (χ1v) is 7.88. The number of rotatable bonds is 7. The minimum atomic E-state index is -0.468. The maximum absolute atomic E-state index is 13.4. The average Bonchev–Trinajstić information content (AvgIpc) is 2.58. The van der Waals surface area contributed by atoms with E-state index >= 15 is 0 Å². The van der Waals surface area contributed by atoms with Crippen LogP contribution in [0.2, 0.25) is 0 Å². The van der Waals surface area contributed by atoms with Crippen LogP contribution < -0.4 is 10.1 Å². The summed E-state index contributed by atoms with van der Waals surface area (Å²) in [6.45, 7) is 4.45. The molecule has 1 amide bonds. The number of hydrogen-bond donors (Lipinski definition) is 1. The van der Waals surface area contributed by atoms with Crippen LogP contribution >= 0.6 is 0 Å². The molecule has 23 heavy (non-hydrogen) atoms. The number of carbonyl (C=O) groups excluding carboxylic acids is 1. The summed E-state index contributed by atoms with van der Waals surface area (Å²) in [5.74, 6) is -0.647. The van der Waals surface area contributed by atoms with Gasteiger partial charge in [-0.15, -0.1) is 0 Å². The lowest BCUT2D eigenvalue weighted by Crippen LogP contribution is -2.29. The number of hydrogen-bond acceptors (Lipinski definition) is 2. The molecular weight excluding hydrogens is 293 g/mol. The standard InChI is InChI=1S/C19H22FNO2/c1-3-14-9-10-15(4-2)16(11-14)12-21-19(22)13-23-18-8-6-5-7-17(18)20/h5-11H,3-4,12-13H2,1-2H3,(H,21,22). The minimum absolute atomic E-state index is 0.0878. The van der Waals surface area contributed by atoms with Gasteiger partial charge in [0.05, 0.1) is 0 Å². The Morgan fingerprint density at radius 2 is 1.87 bits per heavy atom. The molecule has 4 heteroatoms. The van der Waals surface area contributed by atoms with Gasteiger partial charge in [-0.2, -0.15) is 0 Å². The molecule has 0 aliphatic carbocycles. The Morgan fingerprint density at radius 1 is 1.09 bits per heavy atom. The molecule has 2 aromatic carbocycles. The second kappa shape index (κ2) is 8.32. The molecule has 3 nitrogen and oxygen atoms in total. The molecule has 0 aliphatic rings. The quantitative estimate of drug-likeness (QED) is 0.847. The van der Waals surface area contributed by atoms with Gasteiger partial charge in [0.25, 0.3) is 5.91 Å². The molecule has 0 radical (unpaired) electrons. The van der Waals surface area contributed by atoms with Crippen molar-refractivity contribution in [3.8, 4) is 5.75 Å². The van der Waals surface area contributed by atoms with Gasteiger partial charge in [-0.3, -0.25) is 4.79 Å². The Labute approximate surface area is 136 Å². The van der Waals surface area contributed by atoms with E-state index in [1.165, 1.54) is 23.3 Å². The van der Waals surface area contributed by atoms with E-state index in [2.05, 4.69) is 37.4 Å². The van der Waals surface area contributed by atoms with Gasteiger partial charge in [-0.25, -0.2) is 4.39 Å². The third kappa shape index (κ3) is 4.81. The number of nitrogens with one attached hydrogen (secondary N) is 1. The van der Waals surface area contributed by atoms with E-state index in [4.69, 9.17) is 4.74 Å². The van der Waals surface area contributed by atoms with Gasteiger partial charge in [-0.05, 0) is 41.7 Å². The minimum Gasteiger partial charge on any atom is -0.481 e. The first-order chi connectivity index (χ1) is 11.1. The lowest BCUT2D eigenvalue weighted by molar-refractivity contribution is -0.123. The molecule has 0 heterocycles. The highest BCUT2D eigenvalue weighted by molar-refractivity contribution is 5.77. The van der Waals surface area contributed by atoms with Gasteiger partial charge >= 0.3 is 0 Å². The smallest absolute Gasteiger partial charge is 0.258 e. The maximum Gasteiger partial charge on any atom is 0.258 e. The van der Waals surface area contributed by atoms with E-state index in [1.54, 1.807) is 12.1 Å². The summed E-state index contributed by atoms with van der Waals surface area (Å²) in [6, 6.07) is 12.4. The lowest BCUT2D eigenvalue weighted by atomic mass is 10.0. The van der Waals surface area contributed by atoms with Crippen LogP contribution in [0.4, 0.5) is 4.39 Å². The molecule has 0 saturated carbocycles. The van der Waals surface area contributed by atoms with Gasteiger partial charge in [0.1, 0.15) is 0 Å². The predicted octanol–water partition coefficient (Wildman–Crippen LogP) is 3.65. The highest BCUT2D eigenvalue weighted by atomic mass is 19.1. The summed E-state index contributed by atoms with van der Waals surface area (Å²) in [6.07, 6.45) is 1.88. The van der Waals surface area contributed by atoms with Crippen LogP contribution in [-0.2, 0) is 24.2 Å². The van der Waals surface area contributed by atoms with Gasteiger partial charge in [0.2, 0.25) is 0 Å². The van der Waals surface area contributed by atoms with E-state index in [0.29, 0.717) is 6.54 Å². The average molecular weight is 315 g/mol. The summed E-state index contributed by atoms with van der Waals surface area (Å²) < 4.78 is 18.6. The first-order valence-electron chi connectivity index (χ1n) is 7.88. The Hall–Kier alpha value is -2.36. The molecule has 0 bridgehead atoms. The van der Waals surface area contributed by atoms with Crippen molar-refractivity contribution in [3.05, 3.63) is 65.0 Å². The van der Waals surface area contributed by atoms with Crippen LogP contribution in [0.5, 0.6) is 5.75 Å². The van der Waals surface area contributed by atoms with E-state index in [-0.39, 0.29) is 18.3 Å². The van der Waals surface area contributed by atoms with E-state index < -0.39 is 5.82 Å². The van der Waals surface area contributed by atoms with Crippen molar-refractivity contribution in [1.29, 1.82) is 0 Å². The Kier molecular flexibility index (Phi) is 6.15. The molecule has 2 rings (SSSR count). The van der Waals surface area contributed by atoms with Gasteiger partial charge in [0.15, 0.2) is 18.2 Å². The Bertz CT molecular complexity index is 670. The van der Waals surface area contributed by atoms with Crippen molar-refractivity contribution < 1.29 is 13.9 Å². The van der Waals surface area contributed by atoms with Crippen LogP contribution in [0, 0.1) is 5.82 Å². The van der Waals surface area contributed by atoms with Gasteiger partial charge in [-0.1, -0.05) is 44.2 Å². The van der Waals surface area contributed by atoms with Crippen LogP contribution in [-0.4, -0.2) is 12.5 Å². The molecule has 0 atom stereocenters. The third-order valence-electron chi connectivity index (χ3n) is 3.73. The summed E-state index contributed by atoms with van der Waals surface area (Å²) in [4.78, 5) is 11.9. The van der Waals surface area contributed by atoms with Crippen molar-refractivity contribution >= 4 is 5.91 Å². The fraction of sp³-hybridized carbons (Fsp3) is 0.316. The van der Waals surface area contributed by atoms with Crippen LogP contribution in [0.15, 0.2) is 42.5 Å². The number of halogens is 1. The summed E-state index contributed by atoms with van der Waals surface area (Å²) in [7, 11) is 0. The number of benzene rings is 2. The van der Waals surface area contributed by atoms with Crippen molar-refractivity contribution in [2.45, 2.75) is 33.2 Å². The van der Waals surface area contributed by atoms with Crippen LogP contribution in [0.3, 0.4) is 0 Å². The van der Waals surface area contributed by atoms with E-state index in [0.717, 1.165) is 18.4 Å². The van der Waals surface area contributed by atoms with Gasteiger partial charge < -0.3 is 10.1 Å². The zero-order valence-corrected chi connectivity index (χ0v) is 13.6. The molecule has 1 N–H and O–H groups in total. The summed E-state index contributed by atoms with van der Waals surface area (Å²) in [5, 5.41) is 2.83. The highest BCUT2D eigenvalue weighted by Crippen LogP contribution is 2.15. The number of aryl methyl sites for hydroxylation is 2. The van der Waals surface area contributed by atoms with E-state index in [9.17, 15) is 9.18 Å². The van der Waals surface area contributed by atoms with Crippen molar-refractivity contribution in [2.24, 2.45) is 0 Å². The number of carbonyl (C=O) groups is 1. The molecule has 0 spiro atoms. The van der Waals surface area contributed by atoms with Crippen LogP contribution in [0.25, 0.3) is 0 Å². The fourth-order valence-corrected chi connectivity index (χ4v) is 2.36. The van der Waals surface area contributed by atoms with Crippen molar-refractivity contribution in [2.75, 3.05) is 6.61 Å². The van der Waals surface area contributed by atoms with E-state index in [1.807, 2.05) is 0 Å². The number of amides is 1.